The second kappa shape index (κ2) is 4.43. The van der Waals surface area contributed by atoms with Crippen LogP contribution in [0.25, 0.3) is 0 Å². The summed E-state index contributed by atoms with van der Waals surface area (Å²) in [5.74, 6) is 0.0902. The minimum atomic E-state index is -0.462. The molecule has 6 heteroatoms. The van der Waals surface area contributed by atoms with Gasteiger partial charge in [0.25, 0.3) is 5.69 Å². The Bertz CT molecular complexity index is 357. The third kappa shape index (κ3) is 2.45. The molecule has 0 amide bonds. The van der Waals surface area contributed by atoms with Gasteiger partial charge in [-0.15, -0.1) is 11.6 Å². The van der Waals surface area contributed by atoms with E-state index in [0.717, 1.165) is 0 Å². The van der Waals surface area contributed by atoms with Gasteiger partial charge in [0, 0.05) is 15.2 Å². The fourth-order valence-electron chi connectivity index (χ4n) is 0.855. The minimum absolute atomic E-state index is 0.0174. The number of hydrogen-bond donors (Lipinski definition) is 0. The zero-order valence-corrected chi connectivity index (χ0v) is 9.93. The van der Waals surface area contributed by atoms with Crippen LogP contribution in [0.4, 0.5) is 5.69 Å². The van der Waals surface area contributed by atoms with Gasteiger partial charge in [-0.05, 0) is 28.7 Å². The monoisotopic (exact) mass is 331 g/mol. The van der Waals surface area contributed by atoms with E-state index in [2.05, 4.69) is 0 Å². The number of alkyl halides is 1. The van der Waals surface area contributed by atoms with E-state index in [-0.39, 0.29) is 11.6 Å². The van der Waals surface area contributed by atoms with E-state index >= 15 is 0 Å². The summed E-state index contributed by atoms with van der Waals surface area (Å²) in [5.41, 5.74) is 0.459. The van der Waals surface area contributed by atoms with E-state index in [4.69, 9.17) is 23.2 Å². The van der Waals surface area contributed by atoms with Crippen molar-refractivity contribution in [2.45, 2.75) is 5.88 Å². The summed E-state index contributed by atoms with van der Waals surface area (Å²) < 4.78 is 0.653. The maximum absolute atomic E-state index is 10.5. The van der Waals surface area contributed by atoms with Gasteiger partial charge in [-0.25, -0.2) is 0 Å². The molecule has 70 valence electrons. The van der Waals surface area contributed by atoms with Crippen LogP contribution in [0.2, 0.25) is 5.02 Å². The average Bonchev–Trinajstić information content (AvgIpc) is 2.08. The molecule has 0 fully saturated rings. The smallest absolute Gasteiger partial charge is 0.258 e. The van der Waals surface area contributed by atoms with Crippen molar-refractivity contribution in [1.82, 2.24) is 0 Å². The SMILES string of the molecule is O=[N+]([O-])c1cc(I)c(Cl)cc1CCl. The van der Waals surface area contributed by atoms with Gasteiger partial charge in [-0.1, -0.05) is 11.6 Å². The number of benzene rings is 1. The molecule has 0 saturated heterocycles. The second-order valence-corrected chi connectivity index (χ2v) is 4.12. The summed E-state index contributed by atoms with van der Waals surface area (Å²) >= 11 is 13.3. The molecule has 0 aliphatic carbocycles. The Kier molecular flexibility index (Phi) is 3.75. The molecule has 0 aliphatic rings. The Morgan fingerprint density at radius 1 is 1.54 bits per heavy atom. The van der Waals surface area contributed by atoms with Crippen molar-refractivity contribution in [1.29, 1.82) is 0 Å². The standard InChI is InChI=1S/C7H4Cl2INO2/c8-3-4-1-5(9)6(10)2-7(4)11(12)13/h1-2H,3H2. The Morgan fingerprint density at radius 3 is 2.62 bits per heavy atom. The first-order valence-corrected chi connectivity index (χ1v) is 5.23. The van der Waals surface area contributed by atoms with Gasteiger partial charge in [0.2, 0.25) is 0 Å². The van der Waals surface area contributed by atoms with Crippen LogP contribution in [0.1, 0.15) is 5.56 Å². The lowest BCUT2D eigenvalue weighted by Crippen LogP contribution is -1.94. The Hall–Kier alpha value is -0.0700. The number of nitrogens with zero attached hydrogens (tertiary/aromatic N) is 1. The van der Waals surface area contributed by atoms with Crippen molar-refractivity contribution >= 4 is 51.5 Å². The van der Waals surface area contributed by atoms with Gasteiger partial charge in [0.1, 0.15) is 0 Å². The van der Waals surface area contributed by atoms with Crippen LogP contribution in [0, 0.1) is 13.7 Å². The van der Waals surface area contributed by atoms with E-state index in [1.807, 2.05) is 22.6 Å². The first-order chi connectivity index (χ1) is 6.06. The van der Waals surface area contributed by atoms with E-state index < -0.39 is 4.92 Å². The normalized spacial score (nSPS) is 10.1. The molecule has 1 aromatic rings. The van der Waals surface area contributed by atoms with E-state index in [1.54, 1.807) is 0 Å². The fraction of sp³-hybridized carbons (Fsp3) is 0.143. The summed E-state index contributed by atoms with van der Waals surface area (Å²) in [4.78, 5) is 10.1. The number of nitro groups is 1. The lowest BCUT2D eigenvalue weighted by molar-refractivity contribution is -0.385. The molecule has 0 aliphatic heterocycles. The molecule has 1 aromatic carbocycles. The van der Waals surface area contributed by atoms with Crippen LogP contribution >= 0.6 is 45.8 Å². The van der Waals surface area contributed by atoms with Gasteiger partial charge >= 0.3 is 0 Å². The van der Waals surface area contributed by atoms with Gasteiger partial charge in [0.05, 0.1) is 15.8 Å². The summed E-state index contributed by atoms with van der Waals surface area (Å²) in [6, 6.07) is 2.94. The molecule has 0 heterocycles. The first-order valence-electron chi connectivity index (χ1n) is 3.24. The second-order valence-electron chi connectivity index (χ2n) is 2.29. The van der Waals surface area contributed by atoms with Crippen LogP contribution in [0.15, 0.2) is 12.1 Å². The van der Waals surface area contributed by atoms with Crippen LogP contribution < -0.4 is 0 Å². The lowest BCUT2D eigenvalue weighted by atomic mass is 10.2. The first kappa shape index (κ1) is 11.0. The van der Waals surface area contributed by atoms with E-state index in [1.165, 1.54) is 12.1 Å². The van der Waals surface area contributed by atoms with Crippen LogP contribution in [0.3, 0.4) is 0 Å². The molecule has 0 aromatic heterocycles. The van der Waals surface area contributed by atoms with Crippen LogP contribution in [-0.2, 0) is 5.88 Å². The molecule has 0 radical (unpaired) electrons. The fourth-order valence-corrected chi connectivity index (χ4v) is 1.71. The molecule has 3 nitrogen and oxygen atoms in total. The maximum Gasteiger partial charge on any atom is 0.274 e. The molecule has 13 heavy (non-hydrogen) atoms. The molecular weight excluding hydrogens is 328 g/mol. The van der Waals surface area contributed by atoms with Crippen LogP contribution in [-0.4, -0.2) is 4.92 Å². The minimum Gasteiger partial charge on any atom is -0.258 e. The zero-order chi connectivity index (χ0) is 10.0. The lowest BCUT2D eigenvalue weighted by Gasteiger charge is -2.01. The average molecular weight is 332 g/mol. The summed E-state index contributed by atoms with van der Waals surface area (Å²) in [7, 11) is 0. The number of rotatable bonds is 2. The maximum atomic E-state index is 10.5. The molecule has 1 rings (SSSR count). The summed E-state index contributed by atoms with van der Waals surface area (Å²) in [6.45, 7) is 0. The van der Waals surface area contributed by atoms with Crippen molar-refractivity contribution in [2.24, 2.45) is 0 Å². The van der Waals surface area contributed by atoms with E-state index in [0.29, 0.717) is 14.2 Å². The van der Waals surface area contributed by atoms with Crippen molar-refractivity contribution in [3.8, 4) is 0 Å². The highest BCUT2D eigenvalue weighted by molar-refractivity contribution is 14.1. The molecular formula is C7H4Cl2INO2. The summed E-state index contributed by atoms with van der Waals surface area (Å²) in [6.07, 6.45) is 0. The van der Waals surface area contributed by atoms with Crippen molar-refractivity contribution in [3.63, 3.8) is 0 Å². The molecule has 0 unspecified atom stereocenters. The number of hydrogen-bond acceptors (Lipinski definition) is 2. The topological polar surface area (TPSA) is 43.1 Å². The van der Waals surface area contributed by atoms with Gasteiger partial charge in [-0.2, -0.15) is 0 Å². The van der Waals surface area contributed by atoms with Gasteiger partial charge < -0.3 is 0 Å². The molecule has 0 N–H and O–H groups in total. The Balaban J connectivity index is 3.33. The van der Waals surface area contributed by atoms with Crippen molar-refractivity contribution in [2.75, 3.05) is 0 Å². The number of nitro benzene ring substituents is 1. The highest BCUT2D eigenvalue weighted by Gasteiger charge is 2.15. The van der Waals surface area contributed by atoms with Crippen molar-refractivity contribution < 1.29 is 4.92 Å². The summed E-state index contributed by atoms with van der Waals surface area (Å²) in [5, 5.41) is 11.0. The Labute approximate surface area is 98.3 Å². The molecule has 0 saturated carbocycles. The zero-order valence-electron chi connectivity index (χ0n) is 6.26. The molecule has 0 atom stereocenters. The number of halogens is 3. The Morgan fingerprint density at radius 2 is 2.15 bits per heavy atom. The highest BCUT2D eigenvalue weighted by atomic mass is 127. The highest BCUT2D eigenvalue weighted by Crippen LogP contribution is 2.28. The van der Waals surface area contributed by atoms with Gasteiger partial charge in [0.15, 0.2) is 0 Å². The predicted molar refractivity (Wildman–Crippen MR) is 60.4 cm³/mol. The largest absolute Gasteiger partial charge is 0.274 e. The van der Waals surface area contributed by atoms with Crippen molar-refractivity contribution in [3.05, 3.63) is 36.4 Å². The third-order valence-corrected chi connectivity index (χ3v) is 3.27. The quantitative estimate of drug-likeness (QED) is 0.360. The predicted octanol–water partition coefficient (Wildman–Crippen LogP) is 3.59. The van der Waals surface area contributed by atoms with E-state index in [9.17, 15) is 10.1 Å². The van der Waals surface area contributed by atoms with Gasteiger partial charge in [-0.3, -0.25) is 10.1 Å². The van der Waals surface area contributed by atoms with Crippen LogP contribution in [0.5, 0.6) is 0 Å². The molecule has 0 spiro atoms. The molecule has 0 bridgehead atoms. The third-order valence-electron chi connectivity index (χ3n) is 1.46.